The summed E-state index contributed by atoms with van der Waals surface area (Å²) in [5.41, 5.74) is 0. The number of nitrogens with zero attached hydrogens (tertiary/aromatic N) is 2. The number of likely N-dealkylation sites (N-methyl/N-ethyl adjacent to an activating group) is 1. The first-order valence-electron chi connectivity index (χ1n) is 7.12. The monoisotopic (exact) mass is 286 g/mol. The van der Waals surface area contributed by atoms with Crippen LogP contribution in [0.25, 0.3) is 0 Å². The average molecular weight is 286 g/mol. The van der Waals surface area contributed by atoms with Crippen LogP contribution < -0.4 is 10.6 Å². The third kappa shape index (κ3) is 6.83. The van der Waals surface area contributed by atoms with Crippen molar-refractivity contribution in [3.63, 3.8) is 0 Å². The van der Waals surface area contributed by atoms with E-state index in [4.69, 9.17) is 4.74 Å². The molecule has 20 heavy (non-hydrogen) atoms. The van der Waals surface area contributed by atoms with Gasteiger partial charge in [-0.05, 0) is 6.92 Å². The lowest BCUT2D eigenvalue weighted by molar-refractivity contribution is -0.125. The molecule has 0 aromatic rings. The highest BCUT2D eigenvalue weighted by Crippen LogP contribution is 2.00. The van der Waals surface area contributed by atoms with Gasteiger partial charge in [-0.15, -0.1) is 0 Å². The molecule has 1 aliphatic heterocycles. The summed E-state index contributed by atoms with van der Waals surface area (Å²) in [5.74, 6) is 0.0949. The molecule has 1 heterocycles. The van der Waals surface area contributed by atoms with Gasteiger partial charge < -0.3 is 15.4 Å². The van der Waals surface area contributed by atoms with Gasteiger partial charge in [-0.2, -0.15) is 0 Å². The van der Waals surface area contributed by atoms with E-state index in [1.807, 2.05) is 6.92 Å². The Morgan fingerprint density at radius 3 is 1.95 bits per heavy atom. The first kappa shape index (κ1) is 16.9. The van der Waals surface area contributed by atoms with Crippen LogP contribution >= 0.6 is 0 Å². The Morgan fingerprint density at radius 1 is 1.00 bits per heavy atom. The van der Waals surface area contributed by atoms with Crippen molar-refractivity contribution in [3.05, 3.63) is 0 Å². The molecule has 0 spiro atoms. The second-order valence-electron chi connectivity index (χ2n) is 4.85. The fourth-order valence-corrected chi connectivity index (χ4v) is 2.11. The largest absolute Gasteiger partial charge is 0.383 e. The number of piperazine rings is 1. The van der Waals surface area contributed by atoms with Gasteiger partial charge in [0.25, 0.3) is 0 Å². The zero-order valence-corrected chi connectivity index (χ0v) is 12.5. The molecule has 0 radical (unpaired) electrons. The highest BCUT2D eigenvalue weighted by molar-refractivity contribution is 5.78. The molecule has 0 atom stereocenters. The minimum atomic E-state index is 0.0271. The molecule has 0 aliphatic carbocycles. The van der Waals surface area contributed by atoms with Gasteiger partial charge in [-0.1, -0.05) is 0 Å². The van der Waals surface area contributed by atoms with Gasteiger partial charge in [0.15, 0.2) is 0 Å². The molecule has 1 aliphatic rings. The number of hydrogen-bond donors (Lipinski definition) is 2. The standard InChI is InChI=1S/C13H26N4O3/c1-3-14-12(18)10-16-5-7-17(8-6-16)11-13(19)15-4-9-20-2/h3-11H2,1-2H3,(H,14,18)(H,15,19). The van der Waals surface area contributed by atoms with Crippen LogP contribution in [0.4, 0.5) is 0 Å². The summed E-state index contributed by atoms with van der Waals surface area (Å²) in [6, 6.07) is 0. The fraction of sp³-hybridized carbons (Fsp3) is 0.846. The van der Waals surface area contributed by atoms with Crippen LogP contribution in [-0.4, -0.2) is 87.7 Å². The van der Waals surface area contributed by atoms with Crippen molar-refractivity contribution in [2.45, 2.75) is 6.92 Å². The van der Waals surface area contributed by atoms with Crippen LogP contribution in [0.15, 0.2) is 0 Å². The fourth-order valence-electron chi connectivity index (χ4n) is 2.11. The van der Waals surface area contributed by atoms with Gasteiger partial charge in [-0.3, -0.25) is 19.4 Å². The highest BCUT2D eigenvalue weighted by Gasteiger charge is 2.20. The molecule has 0 unspecified atom stereocenters. The molecule has 7 nitrogen and oxygen atoms in total. The maximum Gasteiger partial charge on any atom is 0.234 e. The lowest BCUT2D eigenvalue weighted by Crippen LogP contribution is -2.51. The van der Waals surface area contributed by atoms with E-state index in [0.29, 0.717) is 32.8 Å². The number of hydrogen-bond acceptors (Lipinski definition) is 5. The number of rotatable bonds is 8. The summed E-state index contributed by atoms with van der Waals surface area (Å²) in [4.78, 5) is 27.3. The van der Waals surface area contributed by atoms with Crippen molar-refractivity contribution in [1.29, 1.82) is 0 Å². The zero-order chi connectivity index (χ0) is 14.8. The molecule has 1 saturated heterocycles. The molecule has 2 amide bonds. The summed E-state index contributed by atoms with van der Waals surface area (Å²) >= 11 is 0. The van der Waals surface area contributed by atoms with E-state index in [1.54, 1.807) is 7.11 Å². The molecule has 1 fully saturated rings. The average Bonchev–Trinajstić information content (AvgIpc) is 2.41. The zero-order valence-electron chi connectivity index (χ0n) is 12.5. The predicted octanol–water partition coefficient (Wildman–Crippen LogP) is -1.50. The van der Waals surface area contributed by atoms with Crippen molar-refractivity contribution in [1.82, 2.24) is 20.4 Å². The van der Waals surface area contributed by atoms with Gasteiger partial charge in [0.1, 0.15) is 0 Å². The van der Waals surface area contributed by atoms with Crippen molar-refractivity contribution >= 4 is 11.8 Å². The molecule has 0 bridgehead atoms. The molecule has 0 saturated carbocycles. The second-order valence-corrected chi connectivity index (χ2v) is 4.85. The van der Waals surface area contributed by atoms with E-state index in [-0.39, 0.29) is 11.8 Å². The second kappa shape index (κ2) is 9.68. The number of amides is 2. The molecule has 2 N–H and O–H groups in total. The van der Waals surface area contributed by atoms with E-state index in [1.165, 1.54) is 0 Å². The van der Waals surface area contributed by atoms with Crippen molar-refractivity contribution in [3.8, 4) is 0 Å². The van der Waals surface area contributed by atoms with Gasteiger partial charge in [0.2, 0.25) is 11.8 Å². The minimum Gasteiger partial charge on any atom is -0.383 e. The Labute approximate surface area is 120 Å². The van der Waals surface area contributed by atoms with E-state index < -0.39 is 0 Å². The maximum absolute atomic E-state index is 11.6. The molecular formula is C13H26N4O3. The molecule has 7 heteroatoms. The highest BCUT2D eigenvalue weighted by atomic mass is 16.5. The van der Waals surface area contributed by atoms with Gasteiger partial charge >= 0.3 is 0 Å². The third-order valence-electron chi connectivity index (χ3n) is 3.20. The molecule has 116 valence electrons. The Hall–Kier alpha value is -1.18. The van der Waals surface area contributed by atoms with E-state index in [0.717, 1.165) is 26.2 Å². The summed E-state index contributed by atoms with van der Waals surface area (Å²) < 4.78 is 4.88. The Kier molecular flexibility index (Phi) is 8.17. The summed E-state index contributed by atoms with van der Waals surface area (Å²) in [6.45, 7) is 7.80. The Morgan fingerprint density at radius 2 is 1.50 bits per heavy atom. The van der Waals surface area contributed by atoms with Gasteiger partial charge in [0, 0.05) is 46.4 Å². The van der Waals surface area contributed by atoms with Crippen molar-refractivity contribution in [2.75, 3.05) is 66.1 Å². The topological polar surface area (TPSA) is 73.9 Å². The summed E-state index contributed by atoms with van der Waals surface area (Å²) in [7, 11) is 1.61. The Balaban J connectivity index is 2.15. The quantitative estimate of drug-likeness (QED) is 0.532. The first-order valence-corrected chi connectivity index (χ1v) is 7.12. The molecule has 1 rings (SSSR count). The normalized spacial score (nSPS) is 16.9. The Bertz CT molecular complexity index is 304. The molecular weight excluding hydrogens is 260 g/mol. The van der Waals surface area contributed by atoms with Crippen LogP contribution in [0, 0.1) is 0 Å². The number of ether oxygens (including phenoxy) is 1. The molecule has 0 aromatic heterocycles. The maximum atomic E-state index is 11.6. The van der Waals surface area contributed by atoms with E-state index in [9.17, 15) is 9.59 Å². The van der Waals surface area contributed by atoms with Crippen LogP contribution in [-0.2, 0) is 14.3 Å². The minimum absolute atomic E-state index is 0.0271. The van der Waals surface area contributed by atoms with Crippen LogP contribution in [0.3, 0.4) is 0 Å². The lowest BCUT2D eigenvalue weighted by Gasteiger charge is -2.33. The van der Waals surface area contributed by atoms with E-state index >= 15 is 0 Å². The van der Waals surface area contributed by atoms with Crippen LogP contribution in [0.5, 0.6) is 0 Å². The van der Waals surface area contributed by atoms with Crippen LogP contribution in [0.2, 0.25) is 0 Å². The molecule has 0 aromatic carbocycles. The third-order valence-corrected chi connectivity index (χ3v) is 3.20. The predicted molar refractivity (Wildman–Crippen MR) is 76.4 cm³/mol. The number of carbonyl (C=O) groups is 2. The SMILES string of the molecule is CCNC(=O)CN1CCN(CC(=O)NCCOC)CC1. The first-order chi connectivity index (χ1) is 9.65. The number of carbonyl (C=O) groups excluding carboxylic acids is 2. The van der Waals surface area contributed by atoms with Gasteiger partial charge in [0.05, 0.1) is 19.7 Å². The van der Waals surface area contributed by atoms with Crippen molar-refractivity contribution in [2.24, 2.45) is 0 Å². The van der Waals surface area contributed by atoms with E-state index in [2.05, 4.69) is 20.4 Å². The smallest absolute Gasteiger partial charge is 0.234 e. The van der Waals surface area contributed by atoms with Gasteiger partial charge in [-0.25, -0.2) is 0 Å². The number of nitrogens with one attached hydrogen (secondary N) is 2. The summed E-state index contributed by atoms with van der Waals surface area (Å²) in [5, 5.41) is 5.60. The lowest BCUT2D eigenvalue weighted by atomic mass is 10.3. The summed E-state index contributed by atoms with van der Waals surface area (Å²) in [6.07, 6.45) is 0. The number of methoxy groups -OCH3 is 1. The van der Waals surface area contributed by atoms with Crippen LogP contribution in [0.1, 0.15) is 6.92 Å². The van der Waals surface area contributed by atoms with Crippen molar-refractivity contribution < 1.29 is 14.3 Å².